The number of nitrogens with zero attached hydrogens (tertiary/aromatic N) is 3. The Kier molecular flexibility index (Phi) is 8.76. The molecule has 2 aliphatic heterocycles. The van der Waals surface area contributed by atoms with Crippen LogP contribution in [0.15, 0.2) is 64.6 Å². The summed E-state index contributed by atoms with van der Waals surface area (Å²) in [6, 6.07) is 16.9. The van der Waals surface area contributed by atoms with Crippen molar-refractivity contribution < 1.29 is 14.4 Å². The summed E-state index contributed by atoms with van der Waals surface area (Å²) in [5, 5.41) is 6.19. The Balaban J connectivity index is 1.28. The number of hydrogen-bond acceptors (Lipinski definition) is 6. The van der Waals surface area contributed by atoms with E-state index in [4.69, 9.17) is 9.98 Å². The zero-order chi connectivity index (χ0) is 27.2. The van der Waals surface area contributed by atoms with Crippen molar-refractivity contribution >= 4 is 46.2 Å². The molecule has 39 heavy (non-hydrogen) atoms. The third-order valence-electron chi connectivity index (χ3n) is 7.37. The largest absolute Gasteiger partial charge is 0.356 e. The monoisotopic (exact) mass is 545 g/mol. The molecule has 1 aliphatic carbocycles. The van der Waals surface area contributed by atoms with Gasteiger partial charge in [-0.15, -0.1) is 0 Å². The van der Waals surface area contributed by atoms with Gasteiger partial charge in [-0.2, -0.15) is 0 Å². The summed E-state index contributed by atoms with van der Waals surface area (Å²) in [5.41, 5.74) is 2.60. The van der Waals surface area contributed by atoms with Crippen LogP contribution in [0.4, 0.5) is 5.69 Å². The maximum Gasteiger partial charge on any atom is 0.259 e. The topological polar surface area (TPSA) is 103 Å². The molecule has 0 aromatic heterocycles. The van der Waals surface area contributed by atoms with Crippen LogP contribution in [0, 0.1) is 0 Å². The van der Waals surface area contributed by atoms with Crippen LogP contribution in [-0.4, -0.2) is 57.5 Å². The first-order chi connectivity index (χ1) is 19.0. The fraction of sp³-hybridized carbons (Fsp3) is 0.433. The van der Waals surface area contributed by atoms with Crippen LogP contribution in [0.2, 0.25) is 0 Å². The van der Waals surface area contributed by atoms with E-state index >= 15 is 0 Å². The molecule has 2 heterocycles. The maximum atomic E-state index is 13.6. The minimum Gasteiger partial charge on any atom is -0.356 e. The molecule has 204 valence electrons. The molecule has 0 saturated heterocycles. The van der Waals surface area contributed by atoms with Gasteiger partial charge >= 0.3 is 0 Å². The first kappa shape index (κ1) is 27.1. The Bertz CT molecular complexity index is 1270. The molecule has 2 N–H and O–H groups in total. The lowest BCUT2D eigenvalue weighted by atomic mass is 9.95. The highest BCUT2D eigenvalue weighted by atomic mass is 32.2. The molecule has 0 radical (unpaired) electrons. The van der Waals surface area contributed by atoms with Gasteiger partial charge in [-0.1, -0.05) is 80.4 Å². The van der Waals surface area contributed by atoms with Crippen molar-refractivity contribution in [3.05, 3.63) is 65.7 Å². The van der Waals surface area contributed by atoms with Crippen LogP contribution in [0.25, 0.3) is 0 Å². The highest BCUT2D eigenvalue weighted by Crippen LogP contribution is 2.35. The molecule has 9 heteroatoms. The Morgan fingerprint density at radius 1 is 1.05 bits per heavy atom. The Hall–Kier alpha value is -3.46. The Morgan fingerprint density at radius 3 is 2.56 bits per heavy atom. The van der Waals surface area contributed by atoms with Crippen molar-refractivity contribution in [2.45, 2.75) is 75.6 Å². The number of carbonyl (C=O) groups is 3. The molecule has 2 aromatic rings. The lowest BCUT2D eigenvalue weighted by Crippen LogP contribution is -2.45. The minimum absolute atomic E-state index is 0.0181. The van der Waals surface area contributed by atoms with E-state index in [0.717, 1.165) is 36.8 Å². The van der Waals surface area contributed by atoms with Crippen molar-refractivity contribution in [3.63, 3.8) is 0 Å². The molecule has 0 unspecified atom stereocenters. The average Bonchev–Trinajstić information content (AvgIpc) is 3.28. The van der Waals surface area contributed by atoms with Crippen molar-refractivity contribution in [2.24, 2.45) is 9.98 Å². The van der Waals surface area contributed by atoms with Gasteiger partial charge in [0, 0.05) is 18.2 Å². The summed E-state index contributed by atoms with van der Waals surface area (Å²) < 4.78 is 0. The standard InChI is InChI=1S/C30H35N5O3S/c1-2-25(28(37)32-21-13-7-4-8-14-21)39-30-34-23-16-10-9-15-22(23)27-33-24(29(38)35(27)30)19-26(36)31-18-17-20-11-5-3-6-12-20/h3,5-6,9-12,15-16,21,24-25H,2,4,7-8,13-14,17-19H2,1H3,(H,31,36)(H,32,37)/t24-,25-/m1/s1. The second-order valence-corrected chi connectivity index (χ2v) is 11.4. The molecule has 8 nitrogen and oxygen atoms in total. The number of aliphatic imine (C=N–C) groups is 2. The maximum absolute atomic E-state index is 13.6. The summed E-state index contributed by atoms with van der Waals surface area (Å²) in [4.78, 5) is 50.5. The van der Waals surface area contributed by atoms with Gasteiger partial charge in [0.1, 0.15) is 11.9 Å². The van der Waals surface area contributed by atoms with Gasteiger partial charge in [0.25, 0.3) is 5.91 Å². The van der Waals surface area contributed by atoms with Gasteiger partial charge in [-0.3, -0.25) is 19.4 Å². The van der Waals surface area contributed by atoms with Crippen LogP contribution in [0.1, 0.15) is 63.0 Å². The predicted molar refractivity (Wildman–Crippen MR) is 155 cm³/mol. The molecule has 3 aliphatic rings. The van der Waals surface area contributed by atoms with E-state index in [9.17, 15) is 14.4 Å². The van der Waals surface area contributed by atoms with Crippen LogP contribution < -0.4 is 10.6 Å². The molecule has 3 amide bonds. The van der Waals surface area contributed by atoms with Gasteiger partial charge in [0.2, 0.25) is 11.8 Å². The van der Waals surface area contributed by atoms with E-state index < -0.39 is 6.04 Å². The molecule has 2 atom stereocenters. The number of carbonyl (C=O) groups excluding carboxylic acids is 3. The first-order valence-electron chi connectivity index (χ1n) is 13.9. The summed E-state index contributed by atoms with van der Waals surface area (Å²) in [6.07, 6.45) is 6.81. The van der Waals surface area contributed by atoms with Crippen molar-refractivity contribution in [1.82, 2.24) is 15.5 Å². The molecular formula is C30H35N5O3S. The van der Waals surface area contributed by atoms with Gasteiger partial charge in [0.05, 0.1) is 17.4 Å². The minimum atomic E-state index is -0.829. The third-order valence-corrected chi connectivity index (χ3v) is 8.68. The number of thioether (sulfide) groups is 1. The number of benzene rings is 2. The molecule has 0 bridgehead atoms. The van der Waals surface area contributed by atoms with Crippen molar-refractivity contribution in [2.75, 3.05) is 6.54 Å². The molecule has 0 spiro atoms. The van der Waals surface area contributed by atoms with E-state index in [1.807, 2.05) is 61.5 Å². The molecule has 2 aromatic carbocycles. The first-order valence-corrected chi connectivity index (χ1v) is 14.8. The zero-order valence-electron chi connectivity index (χ0n) is 22.3. The van der Waals surface area contributed by atoms with Gasteiger partial charge in [0.15, 0.2) is 5.17 Å². The third kappa shape index (κ3) is 6.41. The van der Waals surface area contributed by atoms with Gasteiger partial charge in [-0.25, -0.2) is 9.89 Å². The second kappa shape index (κ2) is 12.6. The number of para-hydroxylation sites is 1. The molecular weight excluding hydrogens is 510 g/mol. The van der Waals surface area contributed by atoms with E-state index in [1.54, 1.807) is 0 Å². The number of rotatable bonds is 9. The number of nitrogens with one attached hydrogen (secondary N) is 2. The Labute approximate surface area is 233 Å². The fourth-order valence-corrected chi connectivity index (χ4v) is 6.27. The number of hydrogen-bond donors (Lipinski definition) is 2. The summed E-state index contributed by atoms with van der Waals surface area (Å²) >= 11 is 1.30. The molecule has 5 rings (SSSR count). The normalized spacial score (nSPS) is 19.5. The molecule has 1 saturated carbocycles. The van der Waals surface area contributed by atoms with Gasteiger partial charge < -0.3 is 10.6 Å². The van der Waals surface area contributed by atoms with Crippen LogP contribution >= 0.6 is 11.8 Å². The SMILES string of the molecule is CC[C@@H](SC1=Nc2ccccc2C2=N[C@H](CC(=O)NCCc3ccccc3)C(=O)N12)C(=O)NC1CCCCC1. The Morgan fingerprint density at radius 2 is 1.79 bits per heavy atom. The molecule has 1 fully saturated rings. The predicted octanol–water partition coefficient (Wildman–Crippen LogP) is 4.35. The average molecular weight is 546 g/mol. The number of fused-ring (bicyclic) bond motifs is 3. The summed E-state index contributed by atoms with van der Waals surface area (Å²) in [5.74, 6) is -0.0223. The quantitative estimate of drug-likeness (QED) is 0.489. The van der Waals surface area contributed by atoms with E-state index in [1.165, 1.54) is 23.1 Å². The van der Waals surface area contributed by atoms with E-state index in [0.29, 0.717) is 36.1 Å². The van der Waals surface area contributed by atoms with E-state index in [2.05, 4.69) is 10.6 Å². The fourth-order valence-electron chi connectivity index (χ4n) is 5.24. The number of amides is 3. The van der Waals surface area contributed by atoms with E-state index in [-0.39, 0.29) is 35.4 Å². The van der Waals surface area contributed by atoms with Crippen LogP contribution in [0.5, 0.6) is 0 Å². The smallest absolute Gasteiger partial charge is 0.259 e. The zero-order valence-corrected chi connectivity index (χ0v) is 23.1. The highest BCUT2D eigenvalue weighted by Gasteiger charge is 2.43. The van der Waals surface area contributed by atoms with Crippen LogP contribution in [-0.2, 0) is 20.8 Å². The van der Waals surface area contributed by atoms with Gasteiger partial charge in [-0.05, 0) is 43.4 Å². The van der Waals surface area contributed by atoms with Crippen molar-refractivity contribution in [1.29, 1.82) is 0 Å². The lowest BCUT2D eigenvalue weighted by Gasteiger charge is -2.29. The van der Waals surface area contributed by atoms with Crippen molar-refractivity contribution in [3.8, 4) is 0 Å². The summed E-state index contributed by atoms with van der Waals surface area (Å²) in [7, 11) is 0. The second-order valence-electron chi connectivity index (χ2n) is 10.2. The lowest BCUT2D eigenvalue weighted by molar-refractivity contribution is -0.128. The number of amidine groups is 2. The summed E-state index contributed by atoms with van der Waals surface area (Å²) in [6.45, 7) is 2.46. The highest BCUT2D eigenvalue weighted by molar-refractivity contribution is 8.15. The van der Waals surface area contributed by atoms with Crippen LogP contribution in [0.3, 0.4) is 0 Å².